The number of nitrogens with one attached hydrogen (secondary N) is 2. The average Bonchev–Trinajstić information content (AvgIpc) is 3.30. The van der Waals surface area contributed by atoms with Crippen LogP contribution in [-0.2, 0) is 0 Å². The van der Waals surface area contributed by atoms with Gasteiger partial charge < -0.3 is 9.47 Å². The maximum absolute atomic E-state index is 9.61. The molecule has 3 heterocycles. The molecule has 2 aromatic heterocycles. The van der Waals surface area contributed by atoms with E-state index < -0.39 is 5.92 Å². The summed E-state index contributed by atoms with van der Waals surface area (Å²) in [5.41, 5.74) is 2.53. The molecule has 1 aliphatic rings. The van der Waals surface area contributed by atoms with Gasteiger partial charge in [0.1, 0.15) is 11.7 Å². The van der Waals surface area contributed by atoms with Crippen LogP contribution in [0.5, 0.6) is 11.6 Å². The molecule has 6 nitrogen and oxygen atoms in total. The van der Waals surface area contributed by atoms with Crippen LogP contribution in [0.3, 0.4) is 0 Å². The molecule has 0 saturated carbocycles. The lowest BCUT2D eigenvalue weighted by Crippen LogP contribution is -2.30. The lowest BCUT2D eigenvalue weighted by Gasteiger charge is -2.27. The van der Waals surface area contributed by atoms with Crippen LogP contribution in [0.4, 0.5) is 0 Å². The fourth-order valence-electron chi connectivity index (χ4n) is 3.07. The van der Waals surface area contributed by atoms with Crippen LogP contribution in [0.1, 0.15) is 16.4 Å². The Kier molecular flexibility index (Phi) is 3.75. The van der Waals surface area contributed by atoms with Gasteiger partial charge in [-0.3, -0.25) is 10.5 Å². The number of H-pyrrole nitrogens is 1. The zero-order valence-corrected chi connectivity index (χ0v) is 14.1. The fourth-order valence-corrected chi connectivity index (χ4v) is 3.94. The Morgan fingerprint density at radius 3 is 2.76 bits per heavy atom. The number of hydrogen-bond donors (Lipinski definition) is 2. The molecule has 1 aliphatic heterocycles. The number of benzene rings is 1. The molecular formula is C18H14N4O2S. The Balaban J connectivity index is 1.88. The molecule has 1 aromatic carbocycles. The Morgan fingerprint density at radius 2 is 2.12 bits per heavy atom. The number of aromatic nitrogens is 2. The van der Waals surface area contributed by atoms with Crippen LogP contribution in [0.2, 0.25) is 0 Å². The van der Waals surface area contributed by atoms with Crippen molar-refractivity contribution in [3.63, 3.8) is 0 Å². The standard InChI is InChI=1S/C18H14N4O2S/c1-23-11-6-4-10(5-7-11)16-15-14(13-3-2-8-25-13)12(9-19)17(20)24-18(15)22-21-16/h2-8,12,14,20H,1H3,(H,21,22). The van der Waals surface area contributed by atoms with E-state index in [9.17, 15) is 5.26 Å². The molecule has 2 N–H and O–H groups in total. The normalized spacial score (nSPS) is 19.0. The SMILES string of the molecule is COc1ccc(-c2[nH]nc3c2C(c2cccs2)C(C#N)C(=N)O3)cc1. The van der Waals surface area contributed by atoms with Gasteiger partial charge in [-0.05, 0) is 35.7 Å². The topological polar surface area (TPSA) is 94.8 Å². The van der Waals surface area contributed by atoms with Gasteiger partial charge in [0.05, 0.1) is 30.4 Å². The number of methoxy groups -OCH3 is 1. The molecule has 0 spiro atoms. The second-order valence-electron chi connectivity index (χ2n) is 5.61. The molecule has 0 radical (unpaired) electrons. The van der Waals surface area contributed by atoms with Crippen LogP contribution in [-0.4, -0.2) is 23.2 Å². The zero-order chi connectivity index (χ0) is 17.4. The highest BCUT2D eigenvalue weighted by atomic mass is 32.1. The van der Waals surface area contributed by atoms with Gasteiger partial charge in [-0.15, -0.1) is 16.4 Å². The van der Waals surface area contributed by atoms with Gasteiger partial charge >= 0.3 is 0 Å². The van der Waals surface area contributed by atoms with E-state index in [1.165, 1.54) is 0 Å². The molecule has 0 saturated heterocycles. The first kappa shape index (κ1) is 15.4. The van der Waals surface area contributed by atoms with Crippen LogP contribution < -0.4 is 9.47 Å². The maximum atomic E-state index is 9.61. The minimum absolute atomic E-state index is 0.0684. The zero-order valence-electron chi connectivity index (χ0n) is 13.3. The van der Waals surface area contributed by atoms with Crippen molar-refractivity contribution in [3.05, 3.63) is 52.2 Å². The Labute approximate surface area is 148 Å². The summed E-state index contributed by atoms with van der Waals surface area (Å²) in [7, 11) is 1.62. The lowest BCUT2D eigenvalue weighted by atomic mass is 9.82. The van der Waals surface area contributed by atoms with Crippen molar-refractivity contribution >= 4 is 17.2 Å². The number of hydrogen-bond acceptors (Lipinski definition) is 6. The van der Waals surface area contributed by atoms with E-state index >= 15 is 0 Å². The molecular weight excluding hydrogens is 336 g/mol. The summed E-state index contributed by atoms with van der Waals surface area (Å²) in [6.07, 6.45) is 0. The van der Waals surface area contributed by atoms with Crippen molar-refractivity contribution in [2.45, 2.75) is 5.92 Å². The first-order valence-corrected chi connectivity index (χ1v) is 8.53. The summed E-state index contributed by atoms with van der Waals surface area (Å²) in [5, 5.41) is 26.9. The van der Waals surface area contributed by atoms with Crippen LogP contribution >= 0.6 is 11.3 Å². The molecule has 124 valence electrons. The monoisotopic (exact) mass is 350 g/mol. The Bertz CT molecular complexity index is 954. The maximum Gasteiger partial charge on any atom is 0.244 e. The van der Waals surface area contributed by atoms with E-state index in [1.807, 2.05) is 41.8 Å². The van der Waals surface area contributed by atoms with Gasteiger partial charge in [-0.1, -0.05) is 6.07 Å². The van der Waals surface area contributed by atoms with E-state index in [4.69, 9.17) is 14.9 Å². The number of rotatable bonds is 3. The smallest absolute Gasteiger partial charge is 0.244 e. The summed E-state index contributed by atoms with van der Waals surface area (Å²) in [5.74, 6) is 0.0969. The number of aromatic amines is 1. The van der Waals surface area contributed by atoms with E-state index in [-0.39, 0.29) is 11.8 Å². The van der Waals surface area contributed by atoms with Crippen LogP contribution in [0, 0.1) is 22.7 Å². The summed E-state index contributed by atoms with van der Waals surface area (Å²) >= 11 is 1.56. The molecule has 0 aliphatic carbocycles. The van der Waals surface area contributed by atoms with Crippen LogP contribution in [0.15, 0.2) is 41.8 Å². The number of fused-ring (bicyclic) bond motifs is 1. The van der Waals surface area contributed by atoms with Crippen molar-refractivity contribution in [2.75, 3.05) is 7.11 Å². The largest absolute Gasteiger partial charge is 0.497 e. The number of thiophene rings is 1. The first-order valence-electron chi connectivity index (χ1n) is 7.65. The average molecular weight is 350 g/mol. The summed E-state index contributed by atoms with van der Waals surface area (Å²) in [4.78, 5) is 1.01. The number of nitriles is 1. The molecule has 0 bridgehead atoms. The summed E-state index contributed by atoms with van der Waals surface area (Å²) in [6.45, 7) is 0. The van der Waals surface area contributed by atoms with Crippen molar-refractivity contribution < 1.29 is 9.47 Å². The highest BCUT2D eigenvalue weighted by Gasteiger charge is 2.41. The highest BCUT2D eigenvalue weighted by molar-refractivity contribution is 7.10. The Morgan fingerprint density at radius 1 is 1.32 bits per heavy atom. The quantitative estimate of drug-likeness (QED) is 0.751. The Hall–Kier alpha value is -3.11. The predicted molar refractivity (Wildman–Crippen MR) is 94.2 cm³/mol. The second kappa shape index (κ2) is 6.07. The minimum atomic E-state index is -0.680. The molecule has 2 unspecified atom stereocenters. The molecule has 0 fully saturated rings. The highest BCUT2D eigenvalue weighted by Crippen LogP contribution is 2.46. The molecule has 7 heteroatoms. The number of nitrogens with zero attached hydrogens (tertiary/aromatic N) is 2. The first-order chi connectivity index (χ1) is 12.2. The van der Waals surface area contributed by atoms with Crippen molar-refractivity contribution in [2.24, 2.45) is 5.92 Å². The fraction of sp³-hybridized carbons (Fsp3) is 0.167. The van der Waals surface area contributed by atoms with Crippen molar-refractivity contribution in [3.8, 4) is 29.0 Å². The van der Waals surface area contributed by atoms with Gasteiger partial charge in [0.2, 0.25) is 11.8 Å². The minimum Gasteiger partial charge on any atom is -0.497 e. The van der Waals surface area contributed by atoms with Gasteiger partial charge in [0.25, 0.3) is 0 Å². The lowest BCUT2D eigenvalue weighted by molar-refractivity contribution is 0.415. The van der Waals surface area contributed by atoms with Crippen molar-refractivity contribution in [1.29, 1.82) is 10.7 Å². The third-order valence-corrected chi connectivity index (χ3v) is 5.23. The van der Waals surface area contributed by atoms with Gasteiger partial charge in [0.15, 0.2) is 0 Å². The third-order valence-electron chi connectivity index (χ3n) is 4.27. The molecule has 2 atom stereocenters. The van der Waals surface area contributed by atoms with Crippen molar-refractivity contribution in [1.82, 2.24) is 10.2 Å². The van der Waals surface area contributed by atoms with Crippen LogP contribution in [0.25, 0.3) is 11.3 Å². The molecule has 4 rings (SSSR count). The molecule has 0 amide bonds. The third kappa shape index (κ3) is 2.47. The van der Waals surface area contributed by atoms with E-state index in [1.54, 1.807) is 18.4 Å². The number of ether oxygens (including phenoxy) is 2. The molecule has 3 aromatic rings. The van der Waals surface area contributed by atoms with Gasteiger partial charge in [-0.2, -0.15) is 5.26 Å². The second-order valence-corrected chi connectivity index (χ2v) is 6.59. The molecule has 25 heavy (non-hydrogen) atoms. The van der Waals surface area contributed by atoms with Gasteiger partial charge in [-0.25, -0.2) is 0 Å². The predicted octanol–water partition coefficient (Wildman–Crippen LogP) is 3.79. The van der Waals surface area contributed by atoms with E-state index in [2.05, 4.69) is 16.3 Å². The van der Waals surface area contributed by atoms with Gasteiger partial charge in [0, 0.05) is 10.4 Å². The van der Waals surface area contributed by atoms with E-state index in [0.29, 0.717) is 5.88 Å². The summed E-state index contributed by atoms with van der Waals surface area (Å²) in [6, 6.07) is 13.7. The van der Waals surface area contributed by atoms with E-state index in [0.717, 1.165) is 27.4 Å². The summed E-state index contributed by atoms with van der Waals surface area (Å²) < 4.78 is 10.7.